The van der Waals surface area contributed by atoms with Gasteiger partial charge in [-0.1, -0.05) is 53.6 Å². The summed E-state index contributed by atoms with van der Waals surface area (Å²) in [7, 11) is 0. The molecule has 2 nitrogen and oxygen atoms in total. The molecule has 2 heteroatoms. The van der Waals surface area contributed by atoms with Crippen molar-refractivity contribution in [2.24, 2.45) is 0 Å². The quantitative estimate of drug-likeness (QED) is 0.672. The van der Waals surface area contributed by atoms with E-state index >= 15 is 0 Å². The van der Waals surface area contributed by atoms with Crippen LogP contribution in [-0.2, 0) is 6.42 Å². The van der Waals surface area contributed by atoms with Crippen molar-refractivity contribution in [2.75, 3.05) is 0 Å². The van der Waals surface area contributed by atoms with Gasteiger partial charge in [0.05, 0.1) is 17.4 Å². The molecule has 3 aromatic rings. The minimum Gasteiger partial charge on any atom is -0.257 e. The number of hydrogen-bond donors (Lipinski definition) is 0. The molecule has 4 rings (SSSR count). The lowest BCUT2D eigenvalue weighted by Crippen LogP contribution is -2.11. The predicted octanol–water partition coefficient (Wildman–Crippen LogP) is 4.62. The Labute approximate surface area is 131 Å². The average Bonchev–Trinajstić information content (AvgIpc) is 2.98. The lowest BCUT2D eigenvalue weighted by molar-refractivity contribution is 0.542. The molecule has 0 fully saturated rings. The molecule has 110 valence electrons. The molecule has 2 aromatic carbocycles. The number of aromatic nitrogens is 2. The molecule has 0 amide bonds. The average molecular weight is 288 g/mol. The van der Waals surface area contributed by atoms with Crippen LogP contribution in [0, 0.1) is 20.8 Å². The molecule has 1 unspecified atom stereocenters. The van der Waals surface area contributed by atoms with E-state index in [0.29, 0.717) is 6.04 Å². The zero-order chi connectivity index (χ0) is 15.3. The monoisotopic (exact) mass is 288 g/mol. The first-order chi connectivity index (χ1) is 10.6. The number of benzene rings is 2. The number of hydrogen-bond acceptors (Lipinski definition) is 1. The van der Waals surface area contributed by atoms with Crippen molar-refractivity contribution in [3.05, 3.63) is 76.5 Å². The van der Waals surface area contributed by atoms with Crippen LogP contribution in [0.2, 0.25) is 0 Å². The minimum absolute atomic E-state index is 0.307. The van der Waals surface area contributed by atoms with Gasteiger partial charge in [-0.3, -0.25) is 4.68 Å². The maximum Gasteiger partial charge on any atom is 0.0822 e. The molecule has 2 heterocycles. The molecule has 0 aliphatic carbocycles. The van der Waals surface area contributed by atoms with E-state index in [4.69, 9.17) is 5.10 Å². The highest BCUT2D eigenvalue weighted by atomic mass is 15.3. The van der Waals surface area contributed by atoms with Crippen LogP contribution in [0.1, 0.15) is 34.0 Å². The van der Waals surface area contributed by atoms with Gasteiger partial charge in [-0.2, -0.15) is 5.10 Å². The Morgan fingerprint density at radius 2 is 1.64 bits per heavy atom. The Hall–Kier alpha value is -2.35. The second-order valence-electron chi connectivity index (χ2n) is 6.41. The van der Waals surface area contributed by atoms with E-state index in [-0.39, 0.29) is 0 Å². The van der Waals surface area contributed by atoms with Crippen molar-refractivity contribution in [1.29, 1.82) is 0 Å². The molecule has 1 atom stereocenters. The van der Waals surface area contributed by atoms with Gasteiger partial charge in [-0.25, -0.2) is 0 Å². The van der Waals surface area contributed by atoms with Crippen LogP contribution in [-0.4, -0.2) is 9.78 Å². The highest BCUT2D eigenvalue weighted by molar-refractivity contribution is 5.70. The van der Waals surface area contributed by atoms with Gasteiger partial charge in [0.1, 0.15) is 0 Å². The van der Waals surface area contributed by atoms with Crippen LogP contribution >= 0.6 is 0 Å². The SMILES string of the molecule is Cc1ccc(CC2c3cc(C)ccc3-c3cc(C)nn32)cc1. The number of aryl methyl sites for hydroxylation is 3. The normalized spacial score (nSPS) is 15.7. The summed E-state index contributed by atoms with van der Waals surface area (Å²) in [6.07, 6.45) is 0.991. The molecule has 1 aliphatic rings. The van der Waals surface area contributed by atoms with E-state index in [9.17, 15) is 0 Å². The van der Waals surface area contributed by atoms with Crippen LogP contribution in [0.15, 0.2) is 48.5 Å². The largest absolute Gasteiger partial charge is 0.257 e. The van der Waals surface area contributed by atoms with E-state index in [0.717, 1.165) is 12.1 Å². The fraction of sp³-hybridized carbons (Fsp3) is 0.250. The first-order valence-electron chi connectivity index (χ1n) is 7.84. The Bertz CT molecular complexity index is 841. The maximum atomic E-state index is 4.75. The van der Waals surface area contributed by atoms with Crippen molar-refractivity contribution < 1.29 is 0 Å². The van der Waals surface area contributed by atoms with Gasteiger partial charge in [0.15, 0.2) is 0 Å². The molecule has 0 saturated heterocycles. The second kappa shape index (κ2) is 4.84. The van der Waals surface area contributed by atoms with E-state index in [1.165, 1.54) is 33.5 Å². The van der Waals surface area contributed by atoms with Crippen molar-refractivity contribution in [1.82, 2.24) is 9.78 Å². The fourth-order valence-electron chi connectivity index (χ4n) is 3.42. The Balaban J connectivity index is 1.81. The van der Waals surface area contributed by atoms with Crippen LogP contribution < -0.4 is 0 Å². The third-order valence-corrected chi connectivity index (χ3v) is 4.54. The van der Waals surface area contributed by atoms with Crippen molar-refractivity contribution in [3.8, 4) is 11.3 Å². The zero-order valence-electron chi connectivity index (χ0n) is 13.3. The first kappa shape index (κ1) is 13.3. The summed E-state index contributed by atoms with van der Waals surface area (Å²) in [6.45, 7) is 6.37. The van der Waals surface area contributed by atoms with Crippen LogP contribution in [0.25, 0.3) is 11.3 Å². The van der Waals surface area contributed by atoms with Crippen LogP contribution in [0.3, 0.4) is 0 Å². The molecule has 0 saturated carbocycles. The molecule has 22 heavy (non-hydrogen) atoms. The summed E-state index contributed by atoms with van der Waals surface area (Å²) >= 11 is 0. The van der Waals surface area contributed by atoms with Gasteiger partial charge in [0.25, 0.3) is 0 Å². The number of rotatable bonds is 2. The number of nitrogens with zero attached hydrogens (tertiary/aromatic N) is 2. The maximum absolute atomic E-state index is 4.75. The summed E-state index contributed by atoms with van der Waals surface area (Å²) in [5.41, 5.74) is 9.08. The van der Waals surface area contributed by atoms with Gasteiger partial charge in [-0.05, 0) is 44.4 Å². The summed E-state index contributed by atoms with van der Waals surface area (Å²) in [5.74, 6) is 0. The highest BCUT2D eigenvalue weighted by Gasteiger charge is 2.29. The lowest BCUT2D eigenvalue weighted by Gasteiger charge is -2.15. The van der Waals surface area contributed by atoms with Crippen molar-refractivity contribution in [2.45, 2.75) is 33.2 Å². The van der Waals surface area contributed by atoms with E-state index < -0.39 is 0 Å². The van der Waals surface area contributed by atoms with Crippen molar-refractivity contribution >= 4 is 0 Å². The highest BCUT2D eigenvalue weighted by Crippen LogP contribution is 2.41. The van der Waals surface area contributed by atoms with Crippen molar-refractivity contribution in [3.63, 3.8) is 0 Å². The van der Waals surface area contributed by atoms with E-state index in [1.54, 1.807) is 0 Å². The van der Waals surface area contributed by atoms with Crippen LogP contribution in [0.4, 0.5) is 0 Å². The molecule has 0 bridgehead atoms. The molecular weight excluding hydrogens is 268 g/mol. The smallest absolute Gasteiger partial charge is 0.0822 e. The summed E-state index contributed by atoms with van der Waals surface area (Å²) in [6, 6.07) is 18.1. The van der Waals surface area contributed by atoms with Gasteiger partial charge in [0, 0.05) is 5.56 Å². The van der Waals surface area contributed by atoms with E-state index in [2.05, 4.69) is 74.0 Å². The molecule has 1 aliphatic heterocycles. The summed E-state index contributed by atoms with van der Waals surface area (Å²) < 4.78 is 2.21. The second-order valence-corrected chi connectivity index (χ2v) is 6.41. The molecule has 0 N–H and O–H groups in total. The zero-order valence-corrected chi connectivity index (χ0v) is 13.3. The molecule has 0 spiro atoms. The number of fused-ring (bicyclic) bond motifs is 3. The summed E-state index contributed by atoms with van der Waals surface area (Å²) in [5, 5.41) is 4.75. The lowest BCUT2D eigenvalue weighted by atomic mass is 9.95. The van der Waals surface area contributed by atoms with Gasteiger partial charge in [0.2, 0.25) is 0 Å². The Morgan fingerprint density at radius 3 is 2.41 bits per heavy atom. The standard InChI is InChI=1S/C20H20N2/c1-13-4-7-16(8-5-13)12-20-18-10-14(2)6-9-17(18)19-11-15(3)21-22(19)20/h4-11,20H,12H2,1-3H3. The summed E-state index contributed by atoms with van der Waals surface area (Å²) in [4.78, 5) is 0. The van der Waals surface area contributed by atoms with Crippen LogP contribution in [0.5, 0.6) is 0 Å². The molecular formula is C20H20N2. The van der Waals surface area contributed by atoms with E-state index in [1.807, 2.05) is 0 Å². The third-order valence-electron chi connectivity index (χ3n) is 4.54. The Kier molecular flexibility index (Phi) is 2.93. The predicted molar refractivity (Wildman–Crippen MR) is 90.2 cm³/mol. The molecule has 0 radical (unpaired) electrons. The first-order valence-corrected chi connectivity index (χ1v) is 7.84. The van der Waals surface area contributed by atoms with Gasteiger partial charge in [-0.15, -0.1) is 0 Å². The fourth-order valence-corrected chi connectivity index (χ4v) is 3.42. The Morgan fingerprint density at radius 1 is 0.909 bits per heavy atom. The topological polar surface area (TPSA) is 17.8 Å². The third kappa shape index (κ3) is 2.07. The molecule has 1 aromatic heterocycles. The van der Waals surface area contributed by atoms with Gasteiger partial charge < -0.3 is 0 Å². The minimum atomic E-state index is 0.307. The van der Waals surface area contributed by atoms with Gasteiger partial charge >= 0.3 is 0 Å².